The van der Waals surface area contributed by atoms with E-state index >= 15 is 0 Å². The van der Waals surface area contributed by atoms with Crippen molar-refractivity contribution in [2.45, 2.75) is 37.9 Å². The van der Waals surface area contributed by atoms with Gasteiger partial charge in [-0.15, -0.1) is 0 Å². The molecule has 2 aromatic heterocycles. The third-order valence-electron chi connectivity index (χ3n) is 7.11. The molecular formula is C28H31F4N7O2. The summed E-state index contributed by atoms with van der Waals surface area (Å²) in [6, 6.07) is 13.0. The van der Waals surface area contributed by atoms with Crippen molar-refractivity contribution in [1.82, 2.24) is 24.9 Å². The van der Waals surface area contributed by atoms with E-state index in [0.29, 0.717) is 35.1 Å². The number of carbonyl (C=O) groups excluding carboxylic acids is 1. The average molecular weight is 574 g/mol. The number of hydrogen-bond donors (Lipinski definition) is 2. The normalized spacial score (nSPS) is 18.0. The van der Waals surface area contributed by atoms with Crippen LogP contribution in [0.1, 0.15) is 22.7 Å². The van der Waals surface area contributed by atoms with E-state index in [1.807, 2.05) is 43.1 Å². The molecule has 13 heteroatoms. The summed E-state index contributed by atoms with van der Waals surface area (Å²) in [7, 11) is 5.63. The highest BCUT2D eigenvalue weighted by Gasteiger charge is 2.32. The van der Waals surface area contributed by atoms with Crippen molar-refractivity contribution in [2.75, 3.05) is 44.4 Å². The number of piperidine rings is 1. The van der Waals surface area contributed by atoms with Gasteiger partial charge in [0.2, 0.25) is 11.7 Å². The smallest absolute Gasteiger partial charge is 0.379 e. The van der Waals surface area contributed by atoms with E-state index in [1.54, 1.807) is 36.4 Å². The molecule has 0 spiro atoms. The highest BCUT2D eigenvalue weighted by atomic mass is 19.4. The van der Waals surface area contributed by atoms with E-state index in [4.69, 9.17) is 4.52 Å². The van der Waals surface area contributed by atoms with Crippen molar-refractivity contribution in [1.29, 1.82) is 0 Å². The summed E-state index contributed by atoms with van der Waals surface area (Å²) in [4.78, 5) is 20.6. The monoisotopic (exact) mass is 573 g/mol. The molecule has 2 atom stereocenters. The number of likely N-dealkylation sites (tertiary alicyclic amines) is 1. The van der Waals surface area contributed by atoms with E-state index < -0.39 is 24.9 Å². The zero-order chi connectivity index (χ0) is 29.3. The quantitative estimate of drug-likeness (QED) is 0.295. The number of benzene rings is 2. The van der Waals surface area contributed by atoms with E-state index in [-0.39, 0.29) is 36.4 Å². The van der Waals surface area contributed by atoms with Gasteiger partial charge in [0.05, 0.1) is 23.8 Å². The van der Waals surface area contributed by atoms with Crippen LogP contribution in [0.5, 0.6) is 0 Å². The Morgan fingerprint density at radius 3 is 2.61 bits per heavy atom. The van der Waals surface area contributed by atoms with E-state index in [2.05, 4.69) is 20.8 Å². The predicted octanol–water partition coefficient (Wildman–Crippen LogP) is 4.70. The Balaban J connectivity index is 1.39. The minimum absolute atomic E-state index is 0.0343. The van der Waals surface area contributed by atoms with E-state index in [0.717, 1.165) is 10.3 Å². The molecule has 0 unspecified atom stereocenters. The van der Waals surface area contributed by atoms with Gasteiger partial charge >= 0.3 is 6.18 Å². The highest BCUT2D eigenvalue weighted by molar-refractivity contribution is 5.96. The summed E-state index contributed by atoms with van der Waals surface area (Å²) < 4.78 is 62.0. The van der Waals surface area contributed by atoms with Crippen molar-refractivity contribution in [3.8, 4) is 11.5 Å². The molecule has 218 valence electrons. The number of anilines is 2. The molecule has 2 aromatic carbocycles. The van der Waals surface area contributed by atoms with E-state index in [9.17, 15) is 22.4 Å². The third-order valence-corrected chi connectivity index (χ3v) is 7.11. The Morgan fingerprint density at radius 2 is 1.93 bits per heavy atom. The molecule has 41 heavy (non-hydrogen) atoms. The fourth-order valence-corrected chi connectivity index (χ4v) is 4.96. The zero-order valence-electron chi connectivity index (χ0n) is 22.9. The molecule has 0 bridgehead atoms. The number of carbonyl (C=O) groups is 1. The second-order valence-corrected chi connectivity index (χ2v) is 10.4. The van der Waals surface area contributed by atoms with Crippen molar-refractivity contribution in [3.05, 3.63) is 60.0 Å². The minimum Gasteiger partial charge on any atom is -0.379 e. The van der Waals surface area contributed by atoms with Gasteiger partial charge < -0.3 is 29.5 Å². The fraction of sp³-hybridized carbons (Fsp3) is 0.393. The number of alkyl halides is 4. The largest absolute Gasteiger partial charge is 0.406 e. The Labute approximate surface area is 234 Å². The van der Waals surface area contributed by atoms with E-state index in [1.165, 1.54) is 0 Å². The van der Waals surface area contributed by atoms with Crippen molar-refractivity contribution < 1.29 is 26.9 Å². The van der Waals surface area contributed by atoms with Crippen molar-refractivity contribution in [3.63, 3.8) is 0 Å². The standard InChI is InChI=1S/C28H31F4N7O2/c1-37(2)18-9-7-17(8-10-18)27(40)33-14-25-35-26(36-41-25)24-13-19-21(34-22-11-12-38(3)15-20(22)29)5-4-6-23(19)39(24)16-28(30,31)32/h4-10,13,20,22,34H,11-12,14-16H2,1-3H3,(H,33,40)/t20-,22+/m0/s1. The lowest BCUT2D eigenvalue weighted by Gasteiger charge is -2.33. The third kappa shape index (κ3) is 6.45. The van der Waals surface area contributed by atoms with Gasteiger partial charge in [-0.05, 0) is 55.9 Å². The minimum atomic E-state index is -4.52. The summed E-state index contributed by atoms with van der Waals surface area (Å²) in [5.41, 5.74) is 2.28. The molecule has 1 fully saturated rings. The topological polar surface area (TPSA) is 91.5 Å². The number of nitrogens with zero attached hydrogens (tertiary/aromatic N) is 5. The van der Waals surface area contributed by atoms with Crippen LogP contribution in [0, 0.1) is 0 Å². The van der Waals surface area contributed by atoms with Crippen molar-refractivity contribution >= 4 is 28.2 Å². The van der Waals surface area contributed by atoms with Gasteiger partial charge in [0.25, 0.3) is 5.91 Å². The van der Waals surface area contributed by atoms with Crippen LogP contribution in [-0.4, -0.2) is 78.1 Å². The molecule has 5 rings (SSSR count). The summed E-state index contributed by atoms with van der Waals surface area (Å²) in [6.07, 6.45) is -5.09. The van der Waals surface area contributed by atoms with Crippen LogP contribution in [0.3, 0.4) is 0 Å². The highest BCUT2D eigenvalue weighted by Crippen LogP contribution is 2.35. The van der Waals surface area contributed by atoms with Gasteiger partial charge in [0, 0.05) is 49.5 Å². The van der Waals surface area contributed by atoms with Gasteiger partial charge in [-0.1, -0.05) is 11.2 Å². The van der Waals surface area contributed by atoms with Gasteiger partial charge in [-0.3, -0.25) is 4.79 Å². The first-order valence-electron chi connectivity index (χ1n) is 13.1. The predicted molar refractivity (Wildman–Crippen MR) is 148 cm³/mol. The fourth-order valence-electron chi connectivity index (χ4n) is 4.96. The van der Waals surface area contributed by atoms with Crippen LogP contribution >= 0.6 is 0 Å². The molecule has 1 aliphatic rings. The first-order valence-corrected chi connectivity index (χ1v) is 13.1. The lowest BCUT2D eigenvalue weighted by atomic mass is 10.0. The zero-order valence-corrected chi connectivity index (χ0v) is 22.9. The van der Waals surface area contributed by atoms with Crippen LogP contribution in [0.15, 0.2) is 53.1 Å². The molecule has 0 aliphatic carbocycles. The maximum absolute atomic E-state index is 14.7. The Kier molecular flexibility index (Phi) is 7.89. The molecule has 0 radical (unpaired) electrons. The van der Waals surface area contributed by atoms with Crippen LogP contribution in [0.25, 0.3) is 22.4 Å². The first kappa shape index (κ1) is 28.4. The van der Waals surface area contributed by atoms with Gasteiger partial charge in [0.1, 0.15) is 12.7 Å². The molecule has 9 nitrogen and oxygen atoms in total. The second kappa shape index (κ2) is 11.4. The number of aromatic nitrogens is 3. The molecule has 0 saturated carbocycles. The summed E-state index contributed by atoms with van der Waals surface area (Å²) in [5, 5.41) is 10.3. The summed E-state index contributed by atoms with van der Waals surface area (Å²) in [6.45, 7) is -0.407. The lowest BCUT2D eigenvalue weighted by molar-refractivity contribution is -0.139. The molecule has 2 N–H and O–H groups in total. The molecule has 1 aliphatic heterocycles. The Bertz CT molecular complexity index is 1510. The molecular weight excluding hydrogens is 542 g/mol. The van der Waals surface area contributed by atoms with Crippen LogP contribution in [-0.2, 0) is 13.1 Å². The van der Waals surface area contributed by atoms with Crippen LogP contribution in [0.2, 0.25) is 0 Å². The van der Waals surface area contributed by atoms with Crippen LogP contribution in [0.4, 0.5) is 28.9 Å². The number of amides is 1. The summed E-state index contributed by atoms with van der Waals surface area (Å²) in [5.74, 6) is -0.386. The second-order valence-electron chi connectivity index (χ2n) is 10.4. The van der Waals surface area contributed by atoms with Gasteiger partial charge in [-0.25, -0.2) is 4.39 Å². The molecule has 1 amide bonds. The summed E-state index contributed by atoms with van der Waals surface area (Å²) >= 11 is 0. The van der Waals surface area contributed by atoms with Crippen molar-refractivity contribution in [2.24, 2.45) is 0 Å². The first-order chi connectivity index (χ1) is 19.5. The Morgan fingerprint density at radius 1 is 1.17 bits per heavy atom. The van der Waals surface area contributed by atoms with Crippen LogP contribution < -0.4 is 15.5 Å². The molecule has 1 saturated heterocycles. The SMILES string of the molecule is CN1CC[C@@H](Nc2cccc3c2cc(-c2noc(CNC(=O)c4ccc(N(C)C)cc4)n2)n3CC(F)(F)F)[C@@H](F)C1. The molecule has 3 heterocycles. The maximum atomic E-state index is 14.7. The lowest BCUT2D eigenvalue weighted by Crippen LogP contribution is -2.46. The average Bonchev–Trinajstić information content (AvgIpc) is 3.53. The number of nitrogens with one attached hydrogen (secondary N) is 2. The van der Waals surface area contributed by atoms with Gasteiger partial charge in [-0.2, -0.15) is 18.2 Å². The maximum Gasteiger partial charge on any atom is 0.406 e. The number of hydrogen-bond acceptors (Lipinski definition) is 7. The molecule has 4 aromatic rings. The number of halogens is 4. The number of fused-ring (bicyclic) bond motifs is 1. The number of rotatable bonds is 8. The Hall–Kier alpha value is -4.13. The van der Waals surface area contributed by atoms with Gasteiger partial charge in [0.15, 0.2) is 0 Å².